The van der Waals surface area contributed by atoms with Crippen LogP contribution in [-0.4, -0.2) is 12.3 Å². The lowest BCUT2D eigenvalue weighted by molar-refractivity contribution is 0.285. The third-order valence-electron chi connectivity index (χ3n) is 3.24. The Morgan fingerprint density at radius 1 is 1.44 bits per heavy atom. The van der Waals surface area contributed by atoms with Gasteiger partial charge in [-0.15, -0.1) is 0 Å². The average Bonchev–Trinajstić information content (AvgIpc) is 3.15. The Labute approximate surface area is 108 Å². The molecule has 0 N–H and O–H groups in total. The summed E-state index contributed by atoms with van der Waals surface area (Å²) in [7, 11) is 0. The van der Waals surface area contributed by atoms with Gasteiger partial charge >= 0.3 is 0 Å². The third-order valence-corrected chi connectivity index (χ3v) is 3.24. The number of aliphatic imine (C=N–C) groups is 1. The number of hydrogen-bond donors (Lipinski definition) is 0. The zero-order valence-electron chi connectivity index (χ0n) is 11.3. The van der Waals surface area contributed by atoms with Crippen LogP contribution in [0.5, 0.6) is 5.75 Å². The second kappa shape index (κ2) is 5.51. The molecule has 1 aromatic rings. The summed E-state index contributed by atoms with van der Waals surface area (Å²) in [5.41, 5.74) is 2.66. The van der Waals surface area contributed by atoms with Gasteiger partial charge < -0.3 is 4.74 Å². The molecule has 98 valence electrons. The van der Waals surface area contributed by atoms with Gasteiger partial charge in [-0.25, -0.2) is 4.39 Å². The molecule has 0 aliphatic heterocycles. The van der Waals surface area contributed by atoms with E-state index in [-0.39, 0.29) is 5.82 Å². The minimum atomic E-state index is -0.316. The van der Waals surface area contributed by atoms with E-state index < -0.39 is 0 Å². The molecule has 0 bridgehead atoms. The molecular formula is C15H20FNO. The second-order valence-corrected chi connectivity index (χ2v) is 5.02. The fourth-order valence-corrected chi connectivity index (χ4v) is 1.65. The van der Waals surface area contributed by atoms with Crippen molar-refractivity contribution >= 4 is 11.4 Å². The highest BCUT2D eigenvalue weighted by Crippen LogP contribution is 2.32. The predicted molar refractivity (Wildman–Crippen MR) is 72.4 cm³/mol. The van der Waals surface area contributed by atoms with E-state index in [1.54, 1.807) is 6.07 Å². The highest BCUT2D eigenvalue weighted by atomic mass is 19.1. The quantitative estimate of drug-likeness (QED) is 0.708. The molecule has 0 spiro atoms. The van der Waals surface area contributed by atoms with Crippen molar-refractivity contribution in [1.29, 1.82) is 0 Å². The van der Waals surface area contributed by atoms with Gasteiger partial charge in [0.25, 0.3) is 0 Å². The van der Waals surface area contributed by atoms with E-state index in [2.05, 4.69) is 4.99 Å². The van der Waals surface area contributed by atoms with Crippen molar-refractivity contribution in [1.82, 2.24) is 0 Å². The largest absolute Gasteiger partial charge is 0.490 e. The Morgan fingerprint density at radius 3 is 2.78 bits per heavy atom. The van der Waals surface area contributed by atoms with Gasteiger partial charge in [-0.3, -0.25) is 4.99 Å². The van der Waals surface area contributed by atoms with E-state index >= 15 is 0 Å². The van der Waals surface area contributed by atoms with E-state index in [4.69, 9.17) is 4.74 Å². The first kappa shape index (κ1) is 13.1. The van der Waals surface area contributed by atoms with Crippen LogP contribution in [0.2, 0.25) is 0 Å². The van der Waals surface area contributed by atoms with Crippen LogP contribution >= 0.6 is 0 Å². The van der Waals surface area contributed by atoms with Gasteiger partial charge in [-0.1, -0.05) is 6.92 Å². The number of benzene rings is 1. The average molecular weight is 249 g/mol. The standard InChI is InChI=1S/C15H20FNO/c1-4-11(3)17-14-8-13(16)15(7-10(14)2)18-9-12-5-6-12/h7-8,12H,4-6,9H2,1-3H3. The van der Waals surface area contributed by atoms with E-state index in [0.717, 1.165) is 17.7 Å². The van der Waals surface area contributed by atoms with Crippen LogP contribution in [0, 0.1) is 18.7 Å². The SMILES string of the molecule is CCC(C)=Nc1cc(F)c(OCC2CC2)cc1C. The lowest BCUT2D eigenvalue weighted by atomic mass is 10.2. The number of rotatable bonds is 5. The molecule has 3 heteroatoms. The van der Waals surface area contributed by atoms with Crippen LogP contribution in [0.3, 0.4) is 0 Å². The van der Waals surface area contributed by atoms with Crippen molar-refractivity contribution in [3.63, 3.8) is 0 Å². The van der Waals surface area contributed by atoms with Gasteiger partial charge in [0.05, 0.1) is 12.3 Å². The number of halogens is 1. The molecule has 0 unspecified atom stereocenters. The molecule has 0 aromatic heterocycles. The van der Waals surface area contributed by atoms with Gasteiger partial charge in [-0.05, 0) is 50.7 Å². The number of aryl methyl sites for hydroxylation is 1. The molecule has 0 heterocycles. The molecule has 0 amide bonds. The first-order valence-corrected chi connectivity index (χ1v) is 6.57. The summed E-state index contributed by atoms with van der Waals surface area (Å²) < 4.78 is 19.4. The third kappa shape index (κ3) is 3.31. The first-order valence-electron chi connectivity index (χ1n) is 6.57. The summed E-state index contributed by atoms with van der Waals surface area (Å²) in [5, 5.41) is 0. The highest BCUT2D eigenvalue weighted by molar-refractivity contribution is 5.84. The maximum Gasteiger partial charge on any atom is 0.167 e. The Hall–Kier alpha value is -1.38. The monoisotopic (exact) mass is 249 g/mol. The smallest absolute Gasteiger partial charge is 0.167 e. The Morgan fingerprint density at radius 2 is 2.17 bits per heavy atom. The van der Waals surface area contributed by atoms with Crippen LogP contribution in [0.1, 0.15) is 38.7 Å². The van der Waals surface area contributed by atoms with Crippen molar-refractivity contribution < 1.29 is 9.13 Å². The number of ether oxygens (including phenoxy) is 1. The van der Waals surface area contributed by atoms with Crippen molar-refractivity contribution in [2.24, 2.45) is 10.9 Å². The van der Waals surface area contributed by atoms with E-state index in [0.29, 0.717) is 24.0 Å². The number of nitrogens with zero attached hydrogens (tertiary/aromatic N) is 1. The van der Waals surface area contributed by atoms with E-state index in [1.807, 2.05) is 20.8 Å². The van der Waals surface area contributed by atoms with Gasteiger partial charge in [-0.2, -0.15) is 0 Å². The Balaban J connectivity index is 2.16. The van der Waals surface area contributed by atoms with Crippen molar-refractivity contribution in [3.8, 4) is 5.75 Å². The summed E-state index contributed by atoms with van der Waals surface area (Å²) in [6.45, 7) is 6.56. The normalized spacial score (nSPS) is 15.9. The summed E-state index contributed by atoms with van der Waals surface area (Å²) >= 11 is 0. The fourth-order valence-electron chi connectivity index (χ4n) is 1.65. The van der Waals surface area contributed by atoms with Crippen molar-refractivity contribution in [2.45, 2.75) is 40.0 Å². The topological polar surface area (TPSA) is 21.6 Å². The summed E-state index contributed by atoms with van der Waals surface area (Å²) in [4.78, 5) is 4.41. The summed E-state index contributed by atoms with van der Waals surface area (Å²) in [5.74, 6) is 0.668. The van der Waals surface area contributed by atoms with E-state index in [9.17, 15) is 4.39 Å². The van der Waals surface area contributed by atoms with Crippen molar-refractivity contribution in [2.75, 3.05) is 6.61 Å². The van der Waals surface area contributed by atoms with Gasteiger partial charge in [0.15, 0.2) is 11.6 Å². The molecule has 1 saturated carbocycles. The lowest BCUT2D eigenvalue weighted by Crippen LogP contribution is -2.01. The molecule has 0 saturated heterocycles. The lowest BCUT2D eigenvalue weighted by Gasteiger charge is -2.09. The van der Waals surface area contributed by atoms with Gasteiger partial charge in [0, 0.05) is 11.8 Å². The molecule has 18 heavy (non-hydrogen) atoms. The van der Waals surface area contributed by atoms with Gasteiger partial charge in [0.1, 0.15) is 0 Å². The highest BCUT2D eigenvalue weighted by Gasteiger charge is 2.22. The van der Waals surface area contributed by atoms with Crippen LogP contribution < -0.4 is 4.74 Å². The van der Waals surface area contributed by atoms with Crippen LogP contribution in [-0.2, 0) is 0 Å². The number of hydrogen-bond acceptors (Lipinski definition) is 2. The molecule has 1 aromatic carbocycles. The molecule has 0 radical (unpaired) electrons. The first-order chi connectivity index (χ1) is 8.60. The fraction of sp³-hybridized carbons (Fsp3) is 0.533. The maximum atomic E-state index is 13.9. The second-order valence-electron chi connectivity index (χ2n) is 5.02. The molecule has 1 aliphatic carbocycles. The molecule has 2 rings (SSSR count). The minimum Gasteiger partial charge on any atom is -0.490 e. The van der Waals surface area contributed by atoms with E-state index in [1.165, 1.54) is 18.9 Å². The van der Waals surface area contributed by atoms with Crippen LogP contribution in [0.4, 0.5) is 10.1 Å². The minimum absolute atomic E-state index is 0.316. The van der Waals surface area contributed by atoms with Crippen LogP contribution in [0.25, 0.3) is 0 Å². The molecule has 1 aliphatic rings. The zero-order chi connectivity index (χ0) is 13.1. The molecular weight excluding hydrogens is 229 g/mol. The summed E-state index contributed by atoms with van der Waals surface area (Å²) in [6, 6.07) is 3.22. The molecule has 2 nitrogen and oxygen atoms in total. The Bertz CT molecular complexity index is 464. The maximum absolute atomic E-state index is 13.9. The summed E-state index contributed by atoms with van der Waals surface area (Å²) in [6.07, 6.45) is 3.29. The van der Waals surface area contributed by atoms with Gasteiger partial charge in [0.2, 0.25) is 0 Å². The Kier molecular flexibility index (Phi) is 4.00. The van der Waals surface area contributed by atoms with Crippen LogP contribution in [0.15, 0.2) is 17.1 Å². The predicted octanol–water partition coefficient (Wildman–Crippen LogP) is 4.43. The van der Waals surface area contributed by atoms with Crippen molar-refractivity contribution in [3.05, 3.63) is 23.5 Å². The zero-order valence-corrected chi connectivity index (χ0v) is 11.3. The molecule has 1 fully saturated rings. The molecule has 0 atom stereocenters.